The maximum atomic E-state index is 9.85. The molecule has 2 radical (unpaired) electrons. The Hall–Kier alpha value is -0.780. The van der Waals surface area contributed by atoms with Crippen molar-refractivity contribution in [3.8, 4) is 0 Å². The maximum absolute atomic E-state index is 9.85. The first-order valence-corrected chi connectivity index (χ1v) is 3.40. The average molecular weight is 137 g/mol. The first kappa shape index (κ1) is 7.22. The van der Waals surface area contributed by atoms with E-state index in [1.165, 1.54) is 0 Å². The molecule has 0 spiro atoms. The van der Waals surface area contributed by atoms with E-state index in [1.54, 1.807) is 0 Å². The summed E-state index contributed by atoms with van der Waals surface area (Å²) in [7, 11) is -3.76. The molecule has 0 aromatic carbocycles. The van der Waals surface area contributed by atoms with Crippen molar-refractivity contribution in [1.82, 2.24) is 4.72 Å². The number of carbonyl (C=O) groups is 1. The fraction of sp³-hybridized carbons (Fsp3) is 0.500. The molecule has 0 aliphatic heterocycles. The van der Waals surface area contributed by atoms with Gasteiger partial charge in [-0.05, 0) is 0 Å². The van der Waals surface area contributed by atoms with Crippen LogP contribution in [0.2, 0.25) is 0 Å². The molecular weight excluding hydrogens is 134 g/mol. The van der Waals surface area contributed by atoms with Crippen molar-refractivity contribution in [3.63, 3.8) is 0 Å². The summed E-state index contributed by atoms with van der Waals surface area (Å²) in [6.07, 6.45) is -1.27. The van der Waals surface area contributed by atoms with Crippen LogP contribution in [0.25, 0.3) is 0 Å². The van der Waals surface area contributed by atoms with E-state index < -0.39 is 16.1 Å². The van der Waals surface area contributed by atoms with Crippen LogP contribution in [0, 0.1) is 0 Å². The molecule has 0 aromatic rings. The van der Waals surface area contributed by atoms with Crippen molar-refractivity contribution in [2.24, 2.45) is 0 Å². The van der Waals surface area contributed by atoms with Crippen LogP contribution in [0.1, 0.15) is 0 Å². The van der Waals surface area contributed by atoms with E-state index >= 15 is 0 Å². The lowest BCUT2D eigenvalue weighted by molar-refractivity contribution is 0.175. The lowest BCUT2D eigenvalue weighted by atomic mass is 11.3. The van der Waals surface area contributed by atoms with Crippen LogP contribution in [0.3, 0.4) is 0 Å². The van der Waals surface area contributed by atoms with E-state index in [-0.39, 0.29) is 0 Å². The zero-order chi connectivity index (χ0) is 6.78. The number of nitrogens with zero attached hydrogens (tertiary/aromatic N) is 1. The van der Waals surface area contributed by atoms with Gasteiger partial charge in [-0.3, -0.25) is 0 Å². The molecule has 0 atom stereocenters. The highest BCUT2D eigenvalue weighted by atomic mass is 32.2. The van der Waals surface area contributed by atoms with Gasteiger partial charge in [-0.15, -0.1) is 0 Å². The second-order valence-electron chi connectivity index (χ2n) is 1.09. The Kier molecular flexibility index (Phi) is 1.80. The molecule has 0 N–H and O–H groups in total. The minimum Gasteiger partial charge on any atom is -0.217 e. The van der Waals surface area contributed by atoms with Crippen molar-refractivity contribution in [1.29, 1.82) is 0 Å². The fourth-order valence-corrected chi connectivity index (χ4v) is 0.406. The highest BCUT2D eigenvalue weighted by Crippen LogP contribution is 1.75. The smallest absolute Gasteiger partial charge is 0.217 e. The summed E-state index contributed by atoms with van der Waals surface area (Å²) >= 11 is 0. The molecule has 0 heterocycles. The lowest BCUT2D eigenvalue weighted by Crippen LogP contribution is -2.18. The summed E-state index contributed by atoms with van der Waals surface area (Å²) < 4.78 is 21.9. The van der Waals surface area contributed by atoms with Crippen molar-refractivity contribution in [3.05, 3.63) is 0 Å². The van der Waals surface area contributed by atoms with Gasteiger partial charge in [-0.2, -0.15) is 0 Å². The quantitative estimate of drug-likeness (QED) is 0.469. The normalized spacial score (nSPS) is 10.6. The molecule has 1 amide bonds. The van der Waals surface area contributed by atoms with E-state index in [4.69, 9.17) is 0 Å². The third-order valence-corrected chi connectivity index (χ3v) is 0.721. The molecule has 0 bridgehead atoms. The number of hydrogen-bond donors (Lipinski definition) is 0. The molecule has 46 valence electrons. The summed E-state index contributed by atoms with van der Waals surface area (Å²) in [5.74, 6) is 0. The Morgan fingerprint density at radius 1 is 1.50 bits per heavy atom. The number of rotatable bonds is 1. The molecule has 0 saturated heterocycles. The molecule has 0 aliphatic carbocycles. The monoisotopic (exact) mass is 137 g/mol. The van der Waals surface area contributed by atoms with Gasteiger partial charge in [0.1, 0.15) is 0 Å². The summed E-state index contributed by atoms with van der Waals surface area (Å²) in [4.78, 5) is 9.36. The van der Waals surface area contributed by atoms with Crippen LogP contribution in [0.5, 0.6) is 0 Å². The Morgan fingerprint density at radius 3 is 1.88 bits per heavy atom. The van der Waals surface area contributed by atoms with Crippen LogP contribution < -0.4 is 4.72 Å². The molecule has 0 rings (SSSR count). The zero-order valence-corrected chi connectivity index (χ0v) is 4.80. The van der Waals surface area contributed by atoms with Crippen LogP contribution >= 0.6 is 0 Å². The van der Waals surface area contributed by atoms with Gasteiger partial charge in [0.2, 0.25) is 0 Å². The molecule has 0 unspecified atom stereocenters. The predicted molar refractivity (Wildman–Crippen MR) is 23.1 cm³/mol. The summed E-state index contributed by atoms with van der Waals surface area (Å²) in [5, 5.41) is 9.36. The molecule has 8 heavy (non-hydrogen) atoms. The van der Waals surface area contributed by atoms with E-state index in [0.717, 1.165) is 0 Å². The molecule has 0 saturated carbocycles. The largest absolute Gasteiger partial charge is 0.486 e. The molecular formula is C2H3NO4S. The molecule has 5 nitrogen and oxygen atoms in total. The van der Waals surface area contributed by atoms with Crippen molar-refractivity contribution in [2.75, 3.05) is 6.26 Å². The standard InChI is InChI=1S/C2H3NO4S/c1-8(6,7)3-2(4)5/h1H3. The molecule has 6 heteroatoms. The van der Waals surface area contributed by atoms with Gasteiger partial charge in [-0.1, -0.05) is 4.72 Å². The Bertz CT molecular complexity index is 180. The minimum atomic E-state index is -3.76. The number of amides is 1. The topological polar surface area (TPSA) is 85.2 Å². The van der Waals surface area contributed by atoms with Gasteiger partial charge in [0, 0.05) is 0 Å². The van der Waals surface area contributed by atoms with Crippen molar-refractivity contribution >= 4 is 16.1 Å². The van der Waals surface area contributed by atoms with Gasteiger partial charge < -0.3 is 0 Å². The van der Waals surface area contributed by atoms with Crippen LogP contribution in [-0.4, -0.2) is 20.8 Å². The van der Waals surface area contributed by atoms with Crippen molar-refractivity contribution < 1.29 is 18.3 Å². The lowest BCUT2D eigenvalue weighted by Gasteiger charge is -1.84. The van der Waals surface area contributed by atoms with Gasteiger partial charge in [-0.25, -0.2) is 18.3 Å². The van der Waals surface area contributed by atoms with Gasteiger partial charge >= 0.3 is 6.09 Å². The number of hydrogen-bond acceptors (Lipinski definition) is 3. The first-order chi connectivity index (χ1) is 3.42. The SMILES string of the molecule is CS(=O)(=O)[N]C([O])=O. The zero-order valence-electron chi connectivity index (χ0n) is 3.99. The summed E-state index contributed by atoms with van der Waals surface area (Å²) in [6, 6.07) is 0. The Morgan fingerprint density at radius 2 is 1.88 bits per heavy atom. The number of sulfonamides is 1. The van der Waals surface area contributed by atoms with E-state index in [0.29, 0.717) is 6.26 Å². The van der Waals surface area contributed by atoms with Crippen LogP contribution in [-0.2, 0) is 15.1 Å². The van der Waals surface area contributed by atoms with E-state index in [2.05, 4.69) is 4.72 Å². The van der Waals surface area contributed by atoms with Gasteiger partial charge in [0.25, 0.3) is 10.0 Å². The summed E-state index contributed by atoms with van der Waals surface area (Å²) in [6.45, 7) is 0. The minimum absolute atomic E-state index is 0.669. The van der Waals surface area contributed by atoms with E-state index in [1.807, 2.05) is 0 Å². The Labute approximate surface area is 46.4 Å². The van der Waals surface area contributed by atoms with E-state index in [9.17, 15) is 18.3 Å². The number of carbonyl (C=O) groups excluding carboxylic acids is 1. The third-order valence-electron chi connectivity index (χ3n) is 0.240. The Balaban J connectivity index is 3.95. The molecule has 0 fully saturated rings. The van der Waals surface area contributed by atoms with Crippen LogP contribution in [0.15, 0.2) is 0 Å². The summed E-state index contributed by atoms with van der Waals surface area (Å²) in [5.41, 5.74) is 0. The second kappa shape index (κ2) is 1.99. The molecule has 0 aliphatic rings. The van der Waals surface area contributed by atoms with Crippen LogP contribution in [0.4, 0.5) is 4.79 Å². The third kappa shape index (κ3) is 5.22. The highest BCUT2D eigenvalue weighted by molar-refractivity contribution is 7.89. The first-order valence-electron chi connectivity index (χ1n) is 1.56. The second-order valence-corrected chi connectivity index (χ2v) is 2.74. The van der Waals surface area contributed by atoms with Crippen molar-refractivity contribution in [2.45, 2.75) is 0 Å². The highest BCUT2D eigenvalue weighted by Gasteiger charge is 2.09. The molecule has 0 aromatic heterocycles. The van der Waals surface area contributed by atoms with Gasteiger partial charge in [0.15, 0.2) is 0 Å². The average Bonchev–Trinajstić information content (AvgIpc) is 1.21. The predicted octanol–water partition coefficient (Wildman–Crippen LogP) is -0.899. The fourth-order valence-electron chi connectivity index (χ4n) is 0.135. The van der Waals surface area contributed by atoms with Gasteiger partial charge in [0.05, 0.1) is 6.26 Å². The maximum Gasteiger partial charge on any atom is 0.486 e.